The summed E-state index contributed by atoms with van der Waals surface area (Å²) >= 11 is 3.38. The predicted molar refractivity (Wildman–Crippen MR) is 74.7 cm³/mol. The summed E-state index contributed by atoms with van der Waals surface area (Å²) in [6.07, 6.45) is 3.00. The number of likely N-dealkylation sites (N-methyl/N-ethyl adjacent to an activating group) is 1. The van der Waals surface area contributed by atoms with Gasteiger partial charge < -0.3 is 5.32 Å². The van der Waals surface area contributed by atoms with Crippen LogP contribution < -0.4 is 5.32 Å². The SMILES string of the molecule is CNC(CCC(C)C)Cc1cc(Br)ccc1F. The first-order valence-corrected chi connectivity index (χ1v) is 6.93. The summed E-state index contributed by atoms with van der Waals surface area (Å²) in [5.41, 5.74) is 0.780. The summed E-state index contributed by atoms with van der Waals surface area (Å²) in [6.45, 7) is 4.43. The number of hydrogen-bond donors (Lipinski definition) is 1. The minimum absolute atomic E-state index is 0.113. The Morgan fingerprint density at radius 3 is 2.59 bits per heavy atom. The number of benzene rings is 1. The molecule has 1 aromatic carbocycles. The highest BCUT2D eigenvalue weighted by atomic mass is 79.9. The zero-order chi connectivity index (χ0) is 12.8. The molecule has 1 aromatic rings. The van der Waals surface area contributed by atoms with Gasteiger partial charge in [-0.1, -0.05) is 29.8 Å². The van der Waals surface area contributed by atoms with Gasteiger partial charge in [-0.25, -0.2) is 4.39 Å². The molecule has 0 fully saturated rings. The van der Waals surface area contributed by atoms with Gasteiger partial charge in [0, 0.05) is 10.5 Å². The van der Waals surface area contributed by atoms with Crippen molar-refractivity contribution < 1.29 is 4.39 Å². The van der Waals surface area contributed by atoms with Crippen molar-refractivity contribution in [3.05, 3.63) is 34.1 Å². The molecule has 96 valence electrons. The highest BCUT2D eigenvalue weighted by Crippen LogP contribution is 2.18. The number of nitrogens with one attached hydrogen (secondary N) is 1. The van der Waals surface area contributed by atoms with Gasteiger partial charge in [0.25, 0.3) is 0 Å². The van der Waals surface area contributed by atoms with E-state index in [-0.39, 0.29) is 5.82 Å². The second-order valence-corrected chi connectivity index (χ2v) is 5.81. The molecule has 0 saturated carbocycles. The Morgan fingerprint density at radius 2 is 2.00 bits per heavy atom. The monoisotopic (exact) mass is 301 g/mol. The first-order valence-electron chi connectivity index (χ1n) is 6.14. The van der Waals surface area contributed by atoms with E-state index in [0.29, 0.717) is 12.0 Å². The van der Waals surface area contributed by atoms with Crippen LogP contribution in [0.1, 0.15) is 32.3 Å². The van der Waals surface area contributed by atoms with Gasteiger partial charge >= 0.3 is 0 Å². The largest absolute Gasteiger partial charge is 0.317 e. The Hall–Kier alpha value is -0.410. The molecule has 1 N–H and O–H groups in total. The number of halogens is 2. The van der Waals surface area contributed by atoms with Crippen molar-refractivity contribution in [1.29, 1.82) is 0 Å². The van der Waals surface area contributed by atoms with E-state index < -0.39 is 0 Å². The van der Waals surface area contributed by atoms with Crippen LogP contribution in [-0.4, -0.2) is 13.1 Å². The summed E-state index contributed by atoms with van der Waals surface area (Å²) in [6, 6.07) is 5.48. The first-order chi connectivity index (χ1) is 8.02. The summed E-state index contributed by atoms with van der Waals surface area (Å²) in [4.78, 5) is 0. The van der Waals surface area contributed by atoms with Crippen LogP contribution in [0.25, 0.3) is 0 Å². The molecule has 0 radical (unpaired) electrons. The summed E-state index contributed by atoms with van der Waals surface area (Å²) in [5.74, 6) is 0.580. The molecule has 3 heteroatoms. The quantitative estimate of drug-likeness (QED) is 0.832. The molecule has 0 aromatic heterocycles. The maximum Gasteiger partial charge on any atom is 0.126 e. The van der Waals surface area contributed by atoms with Crippen molar-refractivity contribution in [3.8, 4) is 0 Å². The van der Waals surface area contributed by atoms with E-state index in [4.69, 9.17) is 0 Å². The number of rotatable bonds is 6. The fourth-order valence-corrected chi connectivity index (χ4v) is 2.26. The third kappa shape index (κ3) is 5.17. The van der Waals surface area contributed by atoms with E-state index in [2.05, 4.69) is 35.1 Å². The smallest absolute Gasteiger partial charge is 0.126 e. The second kappa shape index (κ2) is 7.12. The first kappa shape index (κ1) is 14.7. The maximum absolute atomic E-state index is 13.6. The third-order valence-electron chi connectivity index (χ3n) is 2.97. The van der Waals surface area contributed by atoms with E-state index in [1.54, 1.807) is 6.07 Å². The standard InChI is InChI=1S/C14H21BrFN/c1-10(2)4-6-13(17-3)9-11-8-12(15)5-7-14(11)16/h5,7-8,10,13,17H,4,6,9H2,1-3H3. The highest BCUT2D eigenvalue weighted by Gasteiger charge is 2.11. The third-order valence-corrected chi connectivity index (χ3v) is 3.47. The minimum atomic E-state index is -0.113. The molecule has 1 atom stereocenters. The summed E-state index contributed by atoms with van der Waals surface area (Å²) in [7, 11) is 1.95. The second-order valence-electron chi connectivity index (χ2n) is 4.90. The topological polar surface area (TPSA) is 12.0 Å². The molecule has 0 saturated heterocycles. The molecule has 0 aliphatic heterocycles. The van der Waals surface area contributed by atoms with Gasteiger partial charge in [0.15, 0.2) is 0 Å². The van der Waals surface area contributed by atoms with E-state index in [0.717, 1.165) is 22.9 Å². The molecule has 0 spiro atoms. The number of hydrogen-bond acceptors (Lipinski definition) is 1. The van der Waals surface area contributed by atoms with Gasteiger partial charge in [-0.3, -0.25) is 0 Å². The molecule has 17 heavy (non-hydrogen) atoms. The van der Waals surface area contributed by atoms with Gasteiger partial charge in [0.1, 0.15) is 5.82 Å². The van der Waals surface area contributed by atoms with Crippen LogP contribution in [0.3, 0.4) is 0 Å². The molecule has 1 unspecified atom stereocenters. The van der Waals surface area contributed by atoms with Gasteiger partial charge in [0.05, 0.1) is 0 Å². The Morgan fingerprint density at radius 1 is 1.29 bits per heavy atom. The predicted octanol–water partition coefficient (Wildman–Crippen LogP) is 4.15. The zero-order valence-electron chi connectivity index (χ0n) is 10.8. The van der Waals surface area contributed by atoms with Crippen LogP contribution in [0.15, 0.2) is 22.7 Å². The Bertz CT molecular complexity index is 352. The Balaban J connectivity index is 2.63. The Labute approximate surface area is 112 Å². The van der Waals surface area contributed by atoms with Crippen molar-refractivity contribution in [2.45, 2.75) is 39.2 Å². The molecular weight excluding hydrogens is 281 g/mol. The molecule has 0 bridgehead atoms. The van der Waals surface area contributed by atoms with E-state index >= 15 is 0 Å². The van der Waals surface area contributed by atoms with Crippen molar-refractivity contribution >= 4 is 15.9 Å². The van der Waals surface area contributed by atoms with E-state index in [1.807, 2.05) is 13.1 Å². The van der Waals surface area contributed by atoms with Crippen molar-refractivity contribution in [2.24, 2.45) is 5.92 Å². The molecule has 1 nitrogen and oxygen atoms in total. The van der Waals surface area contributed by atoms with Crippen molar-refractivity contribution in [3.63, 3.8) is 0 Å². The lowest BCUT2D eigenvalue weighted by molar-refractivity contribution is 0.445. The van der Waals surface area contributed by atoms with Crippen LogP contribution in [0.2, 0.25) is 0 Å². The maximum atomic E-state index is 13.6. The molecule has 0 aliphatic carbocycles. The van der Waals surface area contributed by atoms with Crippen LogP contribution in [0.4, 0.5) is 4.39 Å². The van der Waals surface area contributed by atoms with Gasteiger partial charge in [-0.15, -0.1) is 0 Å². The summed E-state index contributed by atoms with van der Waals surface area (Å²) < 4.78 is 14.6. The lowest BCUT2D eigenvalue weighted by Gasteiger charge is -2.18. The van der Waals surface area contributed by atoms with Crippen molar-refractivity contribution in [1.82, 2.24) is 5.32 Å². The van der Waals surface area contributed by atoms with E-state index in [1.165, 1.54) is 12.5 Å². The van der Waals surface area contributed by atoms with Crippen molar-refractivity contribution in [2.75, 3.05) is 7.05 Å². The van der Waals surface area contributed by atoms with Crippen LogP contribution in [0, 0.1) is 11.7 Å². The minimum Gasteiger partial charge on any atom is -0.317 e. The Kier molecular flexibility index (Phi) is 6.14. The fraction of sp³-hybridized carbons (Fsp3) is 0.571. The van der Waals surface area contributed by atoms with Crippen LogP contribution >= 0.6 is 15.9 Å². The average Bonchev–Trinajstić information content (AvgIpc) is 2.28. The zero-order valence-corrected chi connectivity index (χ0v) is 12.3. The molecule has 0 amide bonds. The van der Waals surface area contributed by atoms with Crippen LogP contribution in [-0.2, 0) is 6.42 Å². The summed E-state index contributed by atoms with van der Waals surface area (Å²) in [5, 5.41) is 3.27. The molecule has 1 rings (SSSR count). The van der Waals surface area contributed by atoms with Gasteiger partial charge in [-0.05, 0) is 56.0 Å². The normalized spacial score (nSPS) is 13.1. The lowest BCUT2D eigenvalue weighted by Crippen LogP contribution is -2.28. The lowest BCUT2D eigenvalue weighted by atomic mass is 9.98. The van der Waals surface area contributed by atoms with E-state index in [9.17, 15) is 4.39 Å². The molecule has 0 aliphatic rings. The van der Waals surface area contributed by atoms with Gasteiger partial charge in [0.2, 0.25) is 0 Å². The fourth-order valence-electron chi connectivity index (χ4n) is 1.85. The highest BCUT2D eigenvalue weighted by molar-refractivity contribution is 9.10. The van der Waals surface area contributed by atoms with Gasteiger partial charge in [-0.2, -0.15) is 0 Å². The average molecular weight is 302 g/mol. The van der Waals surface area contributed by atoms with Crippen LogP contribution in [0.5, 0.6) is 0 Å². The molecule has 0 heterocycles. The molecular formula is C14H21BrFN.